The molecule has 2 aromatic carbocycles. The van der Waals surface area contributed by atoms with Crippen LogP contribution in [0.4, 0.5) is 0 Å². The fourth-order valence-electron chi connectivity index (χ4n) is 4.43. The summed E-state index contributed by atoms with van der Waals surface area (Å²) in [5.41, 5.74) is 8.15. The maximum absolute atomic E-state index is 12.2. The Balaban J connectivity index is 1.63. The van der Waals surface area contributed by atoms with Crippen LogP contribution in [0.25, 0.3) is 0 Å². The molecule has 0 amide bonds. The molecular weight excluding hydrogens is 438 g/mol. The van der Waals surface area contributed by atoms with Crippen molar-refractivity contribution >= 4 is 21.9 Å². The van der Waals surface area contributed by atoms with Gasteiger partial charge in [0.05, 0.1) is 24.7 Å². The Morgan fingerprint density at radius 2 is 1.97 bits per heavy atom. The van der Waals surface area contributed by atoms with Crippen molar-refractivity contribution in [1.29, 1.82) is 0 Å². The smallest absolute Gasteiger partial charge is 0.307 e. The number of carbonyl (C=O) groups is 1. The fourth-order valence-corrected chi connectivity index (χ4v) is 4.69. The minimum atomic E-state index is -0.834. The maximum Gasteiger partial charge on any atom is 0.307 e. The molecule has 5 atom stereocenters. The number of carboxylic acids is 1. The molecule has 154 valence electrons. The summed E-state index contributed by atoms with van der Waals surface area (Å²) < 4.78 is 6.46. The highest BCUT2D eigenvalue weighted by atomic mass is 79.9. The van der Waals surface area contributed by atoms with Gasteiger partial charge in [-0.1, -0.05) is 40.2 Å². The number of aliphatic carboxylic acids is 1. The maximum atomic E-state index is 12.2. The average molecular weight is 462 g/mol. The Bertz CT molecular complexity index is 892. The summed E-state index contributed by atoms with van der Waals surface area (Å²) in [6.07, 6.45) is 0.120. The van der Waals surface area contributed by atoms with E-state index in [4.69, 9.17) is 4.74 Å². The second kappa shape index (κ2) is 8.31. The van der Waals surface area contributed by atoms with Crippen molar-refractivity contribution in [2.45, 2.75) is 31.6 Å². The van der Waals surface area contributed by atoms with Crippen molar-refractivity contribution < 1.29 is 19.7 Å². The summed E-state index contributed by atoms with van der Waals surface area (Å²) in [4.78, 5) is 12.2. The number of benzene rings is 2. The lowest BCUT2D eigenvalue weighted by atomic mass is 9.74. The van der Waals surface area contributed by atoms with Crippen LogP contribution in [-0.2, 0) is 4.79 Å². The molecule has 2 aliphatic rings. The summed E-state index contributed by atoms with van der Waals surface area (Å²) in [6, 6.07) is 12.8. The Hall–Kier alpha value is -2.13. The molecule has 5 unspecified atom stereocenters. The van der Waals surface area contributed by atoms with Crippen molar-refractivity contribution in [3.8, 4) is 11.5 Å². The summed E-state index contributed by atoms with van der Waals surface area (Å²) in [6.45, 7) is 2.30. The van der Waals surface area contributed by atoms with Gasteiger partial charge in [0.2, 0.25) is 0 Å². The topological polar surface area (TPSA) is 103 Å². The lowest BCUT2D eigenvalue weighted by molar-refractivity contribution is -0.146. The molecule has 0 aliphatic carbocycles. The van der Waals surface area contributed by atoms with Crippen LogP contribution in [0.15, 0.2) is 46.9 Å². The second-order valence-corrected chi connectivity index (χ2v) is 8.32. The van der Waals surface area contributed by atoms with Crippen LogP contribution in [0, 0.1) is 11.8 Å². The third-order valence-corrected chi connectivity index (χ3v) is 6.28. The second-order valence-electron chi connectivity index (χ2n) is 7.40. The zero-order chi connectivity index (χ0) is 20.5. The predicted molar refractivity (Wildman–Crippen MR) is 111 cm³/mol. The van der Waals surface area contributed by atoms with Gasteiger partial charge in [-0.25, -0.2) is 10.9 Å². The van der Waals surface area contributed by atoms with Gasteiger partial charge in [0.1, 0.15) is 0 Å². The Morgan fingerprint density at radius 1 is 1.21 bits per heavy atom. The predicted octanol–water partition coefficient (Wildman–Crippen LogP) is 3.08. The van der Waals surface area contributed by atoms with Gasteiger partial charge in [0.15, 0.2) is 11.5 Å². The Morgan fingerprint density at radius 3 is 2.66 bits per heavy atom. The lowest BCUT2D eigenvalue weighted by Gasteiger charge is -2.39. The summed E-state index contributed by atoms with van der Waals surface area (Å²) in [7, 11) is 0. The van der Waals surface area contributed by atoms with E-state index in [-0.39, 0.29) is 29.9 Å². The number of hydrogen-bond donors (Lipinski definition) is 5. The molecule has 2 aliphatic heterocycles. The number of ether oxygens (including phenoxy) is 1. The van der Waals surface area contributed by atoms with Gasteiger partial charge in [0.25, 0.3) is 0 Å². The molecule has 2 heterocycles. The highest BCUT2D eigenvalue weighted by molar-refractivity contribution is 9.10. The van der Waals surface area contributed by atoms with E-state index in [1.54, 1.807) is 6.07 Å². The van der Waals surface area contributed by atoms with Gasteiger partial charge in [-0.15, -0.1) is 0 Å². The van der Waals surface area contributed by atoms with Gasteiger partial charge in [-0.3, -0.25) is 10.1 Å². The molecule has 2 aromatic rings. The van der Waals surface area contributed by atoms with Crippen molar-refractivity contribution in [2.75, 3.05) is 6.61 Å². The number of phenolic OH excluding ortho intramolecular Hbond substituents is 1. The van der Waals surface area contributed by atoms with Crippen LogP contribution in [0.3, 0.4) is 0 Å². The van der Waals surface area contributed by atoms with E-state index < -0.39 is 11.9 Å². The quantitative estimate of drug-likeness (QED) is 0.466. The molecule has 7 nitrogen and oxygen atoms in total. The number of rotatable bonds is 5. The van der Waals surface area contributed by atoms with E-state index in [1.807, 2.05) is 43.3 Å². The van der Waals surface area contributed by atoms with Gasteiger partial charge in [-0.05, 0) is 37.1 Å². The molecule has 29 heavy (non-hydrogen) atoms. The van der Waals surface area contributed by atoms with Crippen LogP contribution in [0.1, 0.15) is 36.6 Å². The SMILES string of the molecule is CCOc1cccc(C2CC(C(=O)O)C3C(NNC3c3ccc(Br)cc3)N2)c1O. The van der Waals surface area contributed by atoms with Gasteiger partial charge in [-0.2, -0.15) is 0 Å². The van der Waals surface area contributed by atoms with Crippen LogP contribution in [0.2, 0.25) is 0 Å². The van der Waals surface area contributed by atoms with Crippen molar-refractivity contribution in [3.63, 3.8) is 0 Å². The monoisotopic (exact) mass is 461 g/mol. The fraction of sp³-hybridized carbons (Fsp3) is 0.381. The standard InChI is InChI=1S/C21H24BrN3O4/c1-2-29-16-5-3-4-13(19(16)26)15-10-14(21(27)28)17-18(24-25-20(17)23-15)11-6-8-12(22)9-7-11/h3-9,14-15,17-18,20,23-26H,2,10H2,1H3,(H,27,28). The number of fused-ring (bicyclic) bond motifs is 1. The van der Waals surface area contributed by atoms with Crippen molar-refractivity contribution in [2.24, 2.45) is 11.8 Å². The number of phenols is 1. The molecule has 2 saturated heterocycles. The van der Waals surface area contributed by atoms with Gasteiger partial charge in [0, 0.05) is 22.0 Å². The number of para-hydroxylation sites is 1. The molecule has 4 rings (SSSR count). The largest absolute Gasteiger partial charge is 0.504 e. The molecule has 8 heteroatoms. The number of hydrazine groups is 1. The third kappa shape index (κ3) is 3.85. The molecule has 0 spiro atoms. The van der Waals surface area contributed by atoms with E-state index in [0.29, 0.717) is 24.3 Å². The lowest BCUT2D eigenvalue weighted by Crippen LogP contribution is -2.53. The van der Waals surface area contributed by atoms with E-state index in [9.17, 15) is 15.0 Å². The van der Waals surface area contributed by atoms with E-state index in [0.717, 1.165) is 10.0 Å². The third-order valence-electron chi connectivity index (χ3n) is 5.75. The Kier molecular flexibility index (Phi) is 5.78. The first-order chi connectivity index (χ1) is 14.0. The average Bonchev–Trinajstić information content (AvgIpc) is 3.13. The highest BCUT2D eigenvalue weighted by Crippen LogP contribution is 2.45. The van der Waals surface area contributed by atoms with Crippen LogP contribution < -0.4 is 20.9 Å². The van der Waals surface area contributed by atoms with E-state index in [1.165, 1.54) is 0 Å². The van der Waals surface area contributed by atoms with Crippen LogP contribution in [-0.4, -0.2) is 29.0 Å². The number of piperidine rings is 1. The first-order valence-electron chi connectivity index (χ1n) is 9.69. The first-order valence-corrected chi connectivity index (χ1v) is 10.5. The first kappa shape index (κ1) is 20.2. The number of aromatic hydroxyl groups is 1. The molecule has 0 aromatic heterocycles. The van der Waals surface area contributed by atoms with Crippen LogP contribution in [0.5, 0.6) is 11.5 Å². The molecule has 5 N–H and O–H groups in total. The normalized spacial score (nSPS) is 28.7. The van der Waals surface area contributed by atoms with E-state index >= 15 is 0 Å². The number of hydrogen-bond acceptors (Lipinski definition) is 6. The summed E-state index contributed by atoms with van der Waals surface area (Å²) in [5.74, 6) is -1.13. The zero-order valence-corrected chi connectivity index (χ0v) is 17.5. The number of carboxylic acid groups (broad SMARTS) is 1. The van der Waals surface area contributed by atoms with Gasteiger partial charge >= 0.3 is 5.97 Å². The minimum Gasteiger partial charge on any atom is -0.504 e. The summed E-state index contributed by atoms with van der Waals surface area (Å²) >= 11 is 3.44. The molecule has 0 radical (unpaired) electrons. The molecular formula is C21H24BrN3O4. The summed E-state index contributed by atoms with van der Waals surface area (Å²) in [5, 5.41) is 24.1. The van der Waals surface area contributed by atoms with Crippen LogP contribution >= 0.6 is 15.9 Å². The molecule has 2 fully saturated rings. The highest BCUT2D eigenvalue weighted by Gasteiger charge is 2.49. The minimum absolute atomic E-state index is 0.0601. The van der Waals surface area contributed by atoms with Gasteiger partial charge < -0.3 is 14.9 Å². The number of halogens is 1. The van der Waals surface area contributed by atoms with Crippen molar-refractivity contribution in [1.82, 2.24) is 16.2 Å². The number of nitrogens with one attached hydrogen (secondary N) is 3. The molecule has 0 bridgehead atoms. The zero-order valence-electron chi connectivity index (χ0n) is 15.9. The Labute approximate surface area is 177 Å². The van der Waals surface area contributed by atoms with E-state index in [2.05, 4.69) is 32.1 Å². The van der Waals surface area contributed by atoms with Crippen molar-refractivity contribution in [3.05, 3.63) is 58.1 Å². The molecule has 0 saturated carbocycles.